The first-order valence-electron chi connectivity index (χ1n) is 9.87. The van der Waals surface area contributed by atoms with Gasteiger partial charge in [0.15, 0.2) is 5.78 Å². The predicted octanol–water partition coefficient (Wildman–Crippen LogP) is 5.67. The lowest BCUT2D eigenvalue weighted by molar-refractivity contribution is -0.116. The van der Waals surface area contributed by atoms with Crippen LogP contribution in [0.15, 0.2) is 48.5 Å². The summed E-state index contributed by atoms with van der Waals surface area (Å²) in [7, 11) is 0. The number of hydrogen-bond donors (Lipinski definition) is 1. The van der Waals surface area contributed by atoms with E-state index >= 15 is 0 Å². The lowest BCUT2D eigenvalue weighted by atomic mass is 10.1. The molecule has 1 N–H and O–H groups in total. The molecule has 0 bridgehead atoms. The fraction of sp³-hybridized carbons (Fsp3) is 0.391. The Morgan fingerprint density at radius 2 is 1.48 bits per heavy atom. The molecule has 4 heteroatoms. The average molecular weight is 370 g/mol. The van der Waals surface area contributed by atoms with E-state index in [4.69, 9.17) is 4.74 Å². The third kappa shape index (κ3) is 6.89. The van der Waals surface area contributed by atoms with Gasteiger partial charge in [-0.1, -0.05) is 58.0 Å². The van der Waals surface area contributed by atoms with Crippen LogP contribution in [0, 0.1) is 0 Å². The van der Waals surface area contributed by atoms with Gasteiger partial charge in [0, 0.05) is 18.5 Å². The van der Waals surface area contributed by atoms with Crippen LogP contribution in [0.4, 0.5) is 5.69 Å². The summed E-state index contributed by atoms with van der Waals surface area (Å²) in [5.41, 5.74) is 2.96. The van der Waals surface area contributed by atoms with Crippen LogP contribution >= 0.6 is 0 Å². The first kappa shape index (κ1) is 22.4. The number of amides is 1. The summed E-state index contributed by atoms with van der Waals surface area (Å²) in [6, 6.07) is 15.3. The molecule has 0 fully saturated rings. The summed E-state index contributed by atoms with van der Waals surface area (Å²) < 4.78 is 5.27. The number of aryl methyl sites for hydroxylation is 1. The topological polar surface area (TPSA) is 55.4 Å². The molecule has 27 heavy (non-hydrogen) atoms. The third-order valence-corrected chi connectivity index (χ3v) is 3.92. The highest BCUT2D eigenvalue weighted by atomic mass is 16.5. The van der Waals surface area contributed by atoms with Gasteiger partial charge in [0.1, 0.15) is 5.75 Å². The van der Waals surface area contributed by atoms with Crippen LogP contribution in [-0.4, -0.2) is 18.3 Å². The number of Topliss-reactive ketones (excluding diaryl/α,β-unsaturated/α-hetero) is 1. The van der Waals surface area contributed by atoms with E-state index < -0.39 is 0 Å². The van der Waals surface area contributed by atoms with Crippen LogP contribution in [0.3, 0.4) is 0 Å². The largest absolute Gasteiger partial charge is 0.492 e. The molecule has 0 saturated heterocycles. The molecular formula is C23H31NO3. The average Bonchev–Trinajstić information content (AvgIpc) is 2.92. The van der Waals surface area contributed by atoms with Crippen molar-refractivity contribution in [3.8, 4) is 5.75 Å². The quantitative estimate of drug-likeness (QED) is 0.651. The maximum atomic E-state index is 11.2. The highest BCUT2D eigenvalue weighted by Crippen LogP contribution is 2.23. The fourth-order valence-corrected chi connectivity index (χ4v) is 2.72. The summed E-state index contributed by atoms with van der Waals surface area (Å²) in [6.45, 7) is 8.52. The van der Waals surface area contributed by atoms with Crippen molar-refractivity contribution in [1.29, 1.82) is 0 Å². The molecule has 0 spiro atoms. The molecule has 2 aromatic rings. The summed E-state index contributed by atoms with van der Waals surface area (Å²) >= 11 is 0. The van der Waals surface area contributed by atoms with Crippen molar-refractivity contribution in [2.24, 2.45) is 0 Å². The Balaban J connectivity index is 0.000000229. The van der Waals surface area contributed by atoms with Gasteiger partial charge in [-0.05, 0) is 36.6 Å². The predicted molar refractivity (Wildman–Crippen MR) is 112 cm³/mol. The van der Waals surface area contributed by atoms with Gasteiger partial charge in [0.05, 0.1) is 12.2 Å². The van der Waals surface area contributed by atoms with Crippen LogP contribution in [0.25, 0.3) is 0 Å². The molecule has 0 atom stereocenters. The maximum Gasteiger partial charge on any atom is 0.224 e. The Morgan fingerprint density at radius 3 is 2.22 bits per heavy atom. The second-order valence-electron chi connectivity index (χ2n) is 5.58. The molecule has 0 unspecified atom stereocenters. The molecule has 2 aromatic carbocycles. The van der Waals surface area contributed by atoms with Crippen LogP contribution in [0.2, 0.25) is 0 Å². The molecule has 146 valence electrons. The van der Waals surface area contributed by atoms with E-state index in [0.717, 1.165) is 29.8 Å². The molecule has 1 amide bonds. The van der Waals surface area contributed by atoms with Crippen molar-refractivity contribution >= 4 is 17.4 Å². The Morgan fingerprint density at radius 1 is 0.815 bits per heavy atom. The van der Waals surface area contributed by atoms with E-state index in [0.29, 0.717) is 19.4 Å². The molecule has 0 aliphatic carbocycles. The second kappa shape index (κ2) is 12.7. The Labute approximate surface area is 162 Å². The second-order valence-corrected chi connectivity index (χ2v) is 5.58. The van der Waals surface area contributed by atoms with Gasteiger partial charge in [-0.2, -0.15) is 0 Å². The number of anilines is 1. The molecule has 2 aliphatic rings. The standard InChI is InChI=1S/C10H11NO.C9H8O2.2C2H6/c12-10-7-3-5-8-4-1-2-6-9(8)11-10;10-8-5-6-11-9-4-2-1-3-7(8)9;2*1-2/h1-2,4,6H,3,5,7H2,(H,11,12);1-4H,5-6H2;2*1-2H3. The summed E-state index contributed by atoms with van der Waals surface area (Å²) in [6.07, 6.45) is 3.13. The van der Waals surface area contributed by atoms with Crippen molar-refractivity contribution in [2.45, 2.75) is 53.4 Å². The van der Waals surface area contributed by atoms with Crippen LogP contribution in [0.5, 0.6) is 5.75 Å². The first-order chi connectivity index (χ1) is 13.2. The van der Waals surface area contributed by atoms with E-state index in [2.05, 4.69) is 11.4 Å². The number of carbonyl (C=O) groups excluding carboxylic acids is 2. The van der Waals surface area contributed by atoms with Gasteiger partial charge >= 0.3 is 0 Å². The zero-order valence-corrected chi connectivity index (χ0v) is 16.9. The smallest absolute Gasteiger partial charge is 0.224 e. The molecule has 0 aromatic heterocycles. The summed E-state index contributed by atoms with van der Waals surface area (Å²) in [5.74, 6) is 1.05. The van der Waals surface area contributed by atoms with Crippen molar-refractivity contribution in [1.82, 2.24) is 0 Å². The molecule has 2 heterocycles. The number of nitrogens with one attached hydrogen (secondary N) is 1. The van der Waals surface area contributed by atoms with Gasteiger partial charge < -0.3 is 10.1 Å². The van der Waals surface area contributed by atoms with Gasteiger partial charge in [-0.25, -0.2) is 0 Å². The number of hydrogen-bond acceptors (Lipinski definition) is 3. The highest BCUT2D eigenvalue weighted by molar-refractivity contribution is 5.99. The number of carbonyl (C=O) groups is 2. The van der Waals surface area contributed by atoms with Gasteiger partial charge in [0.2, 0.25) is 5.91 Å². The molecular weight excluding hydrogens is 338 g/mol. The van der Waals surface area contributed by atoms with E-state index in [1.54, 1.807) is 6.07 Å². The van der Waals surface area contributed by atoms with Crippen molar-refractivity contribution in [2.75, 3.05) is 11.9 Å². The number of ketones is 1. The number of ether oxygens (including phenoxy) is 1. The molecule has 0 radical (unpaired) electrons. The molecule has 2 aliphatic heterocycles. The van der Waals surface area contributed by atoms with Crippen molar-refractivity contribution in [3.05, 3.63) is 59.7 Å². The minimum absolute atomic E-state index is 0.139. The maximum absolute atomic E-state index is 11.2. The van der Waals surface area contributed by atoms with Gasteiger partial charge in [-0.15, -0.1) is 0 Å². The van der Waals surface area contributed by atoms with Crippen LogP contribution < -0.4 is 10.1 Å². The lowest BCUT2D eigenvalue weighted by Gasteiger charge is -2.14. The van der Waals surface area contributed by atoms with E-state index in [1.807, 2.05) is 64.1 Å². The molecule has 4 rings (SSSR count). The van der Waals surface area contributed by atoms with Crippen LogP contribution in [0.1, 0.15) is 62.9 Å². The lowest BCUT2D eigenvalue weighted by Crippen LogP contribution is -2.14. The fourth-order valence-electron chi connectivity index (χ4n) is 2.72. The highest BCUT2D eigenvalue weighted by Gasteiger charge is 2.16. The number of benzene rings is 2. The van der Waals surface area contributed by atoms with E-state index in [9.17, 15) is 9.59 Å². The summed E-state index contributed by atoms with van der Waals surface area (Å²) in [5, 5.41) is 2.88. The van der Waals surface area contributed by atoms with Crippen LogP contribution in [-0.2, 0) is 11.2 Å². The first-order valence-corrected chi connectivity index (χ1v) is 9.87. The SMILES string of the molecule is CC.CC.O=C1CCCc2ccccc2N1.O=C1CCOc2ccccc21. The zero-order valence-electron chi connectivity index (χ0n) is 16.9. The minimum atomic E-state index is 0.139. The third-order valence-electron chi connectivity index (χ3n) is 3.92. The minimum Gasteiger partial charge on any atom is -0.492 e. The zero-order chi connectivity index (χ0) is 20.1. The normalized spacial score (nSPS) is 13.9. The number of rotatable bonds is 0. The van der Waals surface area contributed by atoms with E-state index in [-0.39, 0.29) is 11.7 Å². The Kier molecular flexibility index (Phi) is 10.5. The monoisotopic (exact) mass is 369 g/mol. The number of para-hydroxylation sites is 2. The number of fused-ring (bicyclic) bond motifs is 2. The summed E-state index contributed by atoms with van der Waals surface area (Å²) in [4.78, 5) is 22.3. The molecule has 4 nitrogen and oxygen atoms in total. The molecule has 0 saturated carbocycles. The van der Waals surface area contributed by atoms with Crippen molar-refractivity contribution < 1.29 is 14.3 Å². The van der Waals surface area contributed by atoms with Gasteiger partial charge in [-0.3, -0.25) is 9.59 Å². The Hall–Kier alpha value is -2.62. The van der Waals surface area contributed by atoms with E-state index in [1.165, 1.54) is 5.56 Å². The van der Waals surface area contributed by atoms with Gasteiger partial charge in [0.25, 0.3) is 0 Å². The Bertz CT molecular complexity index is 725. The van der Waals surface area contributed by atoms with Crippen molar-refractivity contribution in [3.63, 3.8) is 0 Å².